The molecule has 0 aliphatic rings. The van der Waals surface area contributed by atoms with E-state index in [9.17, 15) is 8.42 Å². The molecule has 0 unspecified atom stereocenters. The van der Waals surface area contributed by atoms with E-state index in [2.05, 4.69) is 23.9 Å². The van der Waals surface area contributed by atoms with Crippen LogP contribution in [0, 0.1) is 0 Å². The monoisotopic (exact) mass is 270 g/mol. The summed E-state index contributed by atoms with van der Waals surface area (Å²) < 4.78 is 26.0. The highest BCUT2D eigenvalue weighted by Gasteiger charge is 2.09. The lowest BCUT2D eigenvalue weighted by Gasteiger charge is -2.11. The van der Waals surface area contributed by atoms with Gasteiger partial charge in [0, 0.05) is 17.4 Å². The Morgan fingerprint density at radius 3 is 2.17 bits per heavy atom. The summed E-state index contributed by atoms with van der Waals surface area (Å²) in [7, 11) is -3.20. The Morgan fingerprint density at radius 1 is 1.11 bits per heavy atom. The molecule has 0 aliphatic heterocycles. The van der Waals surface area contributed by atoms with Crippen molar-refractivity contribution in [3.05, 3.63) is 24.3 Å². The van der Waals surface area contributed by atoms with Gasteiger partial charge in [0.25, 0.3) is 0 Å². The minimum Gasteiger partial charge on any atom is -0.383 e. The molecule has 0 fully saturated rings. The Kier molecular flexibility index (Phi) is 5.47. The molecule has 0 atom stereocenters. The van der Waals surface area contributed by atoms with E-state index in [0.717, 1.165) is 12.1 Å². The molecule has 0 spiro atoms. The first-order valence-electron chi connectivity index (χ1n) is 6.30. The number of hydrogen-bond acceptors (Lipinski definition) is 3. The van der Waals surface area contributed by atoms with Crippen LogP contribution in [0.3, 0.4) is 0 Å². The standard InChI is InChI=1S/C13H22N2O2S/c1-4-5-10-18(16,17)15-13-8-6-12(7-9-13)14-11(2)3/h6-9,11,14-15H,4-5,10H2,1-3H3. The van der Waals surface area contributed by atoms with Crippen molar-refractivity contribution in [3.8, 4) is 0 Å². The smallest absolute Gasteiger partial charge is 0.232 e. The van der Waals surface area contributed by atoms with E-state index in [0.29, 0.717) is 18.2 Å². The van der Waals surface area contributed by atoms with E-state index < -0.39 is 10.0 Å². The molecule has 0 aliphatic carbocycles. The summed E-state index contributed by atoms with van der Waals surface area (Å²) in [5.74, 6) is 0.176. The minimum atomic E-state index is -3.20. The largest absolute Gasteiger partial charge is 0.383 e. The third kappa shape index (κ3) is 5.40. The van der Waals surface area contributed by atoms with Crippen LogP contribution in [-0.4, -0.2) is 20.2 Å². The van der Waals surface area contributed by atoms with Gasteiger partial charge in [-0.1, -0.05) is 13.3 Å². The topological polar surface area (TPSA) is 58.2 Å². The van der Waals surface area contributed by atoms with Gasteiger partial charge in [-0.2, -0.15) is 0 Å². The zero-order valence-corrected chi connectivity index (χ0v) is 12.0. The molecule has 1 rings (SSSR count). The lowest BCUT2D eigenvalue weighted by molar-refractivity contribution is 0.598. The molecule has 0 amide bonds. The number of unbranched alkanes of at least 4 members (excludes halogenated alkanes) is 1. The zero-order valence-electron chi connectivity index (χ0n) is 11.2. The van der Waals surface area contributed by atoms with E-state index in [1.807, 2.05) is 19.1 Å². The van der Waals surface area contributed by atoms with Crippen molar-refractivity contribution in [1.29, 1.82) is 0 Å². The predicted molar refractivity (Wildman–Crippen MR) is 77.5 cm³/mol. The van der Waals surface area contributed by atoms with E-state index in [4.69, 9.17) is 0 Å². The van der Waals surface area contributed by atoms with Crippen molar-refractivity contribution in [2.24, 2.45) is 0 Å². The third-order valence-corrected chi connectivity index (χ3v) is 3.75. The molecule has 0 bridgehead atoms. The van der Waals surface area contributed by atoms with Gasteiger partial charge in [0.2, 0.25) is 10.0 Å². The number of rotatable bonds is 7. The fraction of sp³-hybridized carbons (Fsp3) is 0.538. The lowest BCUT2D eigenvalue weighted by atomic mass is 10.2. The summed E-state index contributed by atoms with van der Waals surface area (Å²) in [5, 5.41) is 3.25. The average Bonchev–Trinajstić information content (AvgIpc) is 2.28. The van der Waals surface area contributed by atoms with E-state index in [-0.39, 0.29) is 5.75 Å². The number of sulfonamides is 1. The summed E-state index contributed by atoms with van der Waals surface area (Å²) in [6.45, 7) is 6.09. The van der Waals surface area contributed by atoms with Gasteiger partial charge in [0.05, 0.1) is 5.75 Å². The molecule has 5 heteroatoms. The van der Waals surface area contributed by atoms with Crippen LogP contribution in [-0.2, 0) is 10.0 Å². The van der Waals surface area contributed by atoms with E-state index >= 15 is 0 Å². The Bertz CT molecular complexity index is 452. The molecule has 0 heterocycles. The first kappa shape index (κ1) is 14.8. The van der Waals surface area contributed by atoms with Gasteiger partial charge in [-0.15, -0.1) is 0 Å². The Morgan fingerprint density at radius 2 is 1.67 bits per heavy atom. The number of nitrogens with one attached hydrogen (secondary N) is 2. The second kappa shape index (κ2) is 6.64. The van der Waals surface area contributed by atoms with Crippen molar-refractivity contribution < 1.29 is 8.42 Å². The fourth-order valence-corrected chi connectivity index (χ4v) is 2.80. The molecule has 1 aromatic rings. The van der Waals surface area contributed by atoms with Crippen LogP contribution < -0.4 is 10.0 Å². The Labute approximate surface area is 110 Å². The van der Waals surface area contributed by atoms with Gasteiger partial charge in [-0.3, -0.25) is 4.72 Å². The van der Waals surface area contributed by atoms with E-state index in [1.165, 1.54) is 0 Å². The van der Waals surface area contributed by atoms with Crippen LogP contribution in [0.25, 0.3) is 0 Å². The van der Waals surface area contributed by atoms with Gasteiger partial charge in [-0.25, -0.2) is 8.42 Å². The maximum atomic E-state index is 11.7. The summed E-state index contributed by atoms with van der Waals surface area (Å²) in [5.41, 5.74) is 1.60. The molecule has 18 heavy (non-hydrogen) atoms. The maximum absolute atomic E-state index is 11.7. The van der Waals surface area contributed by atoms with Crippen LogP contribution in [0.15, 0.2) is 24.3 Å². The molecule has 4 nitrogen and oxygen atoms in total. The van der Waals surface area contributed by atoms with Gasteiger partial charge in [-0.05, 0) is 44.5 Å². The fourth-order valence-electron chi connectivity index (χ4n) is 1.53. The van der Waals surface area contributed by atoms with Crippen molar-refractivity contribution in [1.82, 2.24) is 0 Å². The summed E-state index contributed by atoms with van der Waals surface area (Å²) >= 11 is 0. The van der Waals surface area contributed by atoms with E-state index in [1.54, 1.807) is 12.1 Å². The maximum Gasteiger partial charge on any atom is 0.232 e. The zero-order chi connectivity index (χ0) is 13.6. The highest BCUT2D eigenvalue weighted by molar-refractivity contribution is 7.92. The van der Waals surface area contributed by atoms with Gasteiger partial charge < -0.3 is 5.32 Å². The Hall–Kier alpha value is -1.23. The highest BCUT2D eigenvalue weighted by Crippen LogP contribution is 2.15. The van der Waals surface area contributed by atoms with Gasteiger partial charge in [0.1, 0.15) is 0 Å². The van der Waals surface area contributed by atoms with Crippen molar-refractivity contribution in [2.45, 2.75) is 39.7 Å². The first-order valence-corrected chi connectivity index (χ1v) is 7.95. The summed E-state index contributed by atoms with van der Waals surface area (Å²) in [6, 6.07) is 7.65. The second-order valence-electron chi connectivity index (χ2n) is 4.65. The van der Waals surface area contributed by atoms with Crippen LogP contribution in [0.5, 0.6) is 0 Å². The molecule has 0 saturated heterocycles. The molecule has 102 valence electrons. The molecule has 0 radical (unpaired) electrons. The van der Waals surface area contributed by atoms with Gasteiger partial charge >= 0.3 is 0 Å². The molecule has 0 aromatic heterocycles. The molecular formula is C13H22N2O2S. The number of benzene rings is 1. The lowest BCUT2D eigenvalue weighted by Crippen LogP contribution is -2.16. The van der Waals surface area contributed by atoms with Crippen molar-refractivity contribution in [2.75, 3.05) is 15.8 Å². The molecule has 1 aromatic carbocycles. The molecule has 2 N–H and O–H groups in total. The number of anilines is 2. The normalized spacial score (nSPS) is 11.6. The quantitative estimate of drug-likeness (QED) is 0.800. The minimum absolute atomic E-state index is 0.176. The van der Waals surface area contributed by atoms with Crippen LogP contribution in [0.4, 0.5) is 11.4 Å². The van der Waals surface area contributed by atoms with Crippen molar-refractivity contribution in [3.63, 3.8) is 0 Å². The average molecular weight is 270 g/mol. The summed E-state index contributed by atoms with van der Waals surface area (Å²) in [6.07, 6.45) is 1.56. The second-order valence-corrected chi connectivity index (χ2v) is 6.49. The van der Waals surface area contributed by atoms with Crippen LogP contribution in [0.2, 0.25) is 0 Å². The van der Waals surface area contributed by atoms with Crippen molar-refractivity contribution >= 4 is 21.4 Å². The third-order valence-electron chi connectivity index (χ3n) is 2.38. The van der Waals surface area contributed by atoms with Crippen LogP contribution >= 0.6 is 0 Å². The Balaban J connectivity index is 2.63. The predicted octanol–water partition coefficient (Wildman–Crippen LogP) is 3.05. The molecular weight excluding hydrogens is 248 g/mol. The molecule has 0 saturated carbocycles. The van der Waals surface area contributed by atoms with Crippen LogP contribution in [0.1, 0.15) is 33.6 Å². The van der Waals surface area contributed by atoms with Gasteiger partial charge in [0.15, 0.2) is 0 Å². The SMILES string of the molecule is CCCCS(=O)(=O)Nc1ccc(NC(C)C)cc1. The summed E-state index contributed by atoms with van der Waals surface area (Å²) in [4.78, 5) is 0. The number of hydrogen-bond donors (Lipinski definition) is 2. The highest BCUT2D eigenvalue weighted by atomic mass is 32.2. The first-order chi connectivity index (χ1) is 8.43.